The second kappa shape index (κ2) is 9.66. The van der Waals surface area contributed by atoms with Gasteiger partial charge in [-0.3, -0.25) is 9.59 Å². The molecule has 13 nitrogen and oxygen atoms in total. The molecule has 0 fully saturated rings. The van der Waals surface area contributed by atoms with Gasteiger partial charge in [-0.2, -0.15) is 10.2 Å². The van der Waals surface area contributed by atoms with Crippen LogP contribution >= 0.6 is 0 Å². The quantitative estimate of drug-likeness (QED) is 0.340. The normalized spacial score (nSPS) is 10.4. The number of carbonyl (C=O) groups is 3. The Labute approximate surface area is 196 Å². The van der Waals surface area contributed by atoms with Crippen LogP contribution in [-0.4, -0.2) is 59.2 Å². The van der Waals surface area contributed by atoms with E-state index in [2.05, 4.69) is 25.5 Å². The van der Waals surface area contributed by atoms with Crippen molar-refractivity contribution in [2.24, 2.45) is 5.73 Å². The summed E-state index contributed by atoms with van der Waals surface area (Å²) in [6, 6.07) is 7.93. The van der Waals surface area contributed by atoms with Gasteiger partial charge in [0.05, 0.1) is 25.2 Å². The first-order valence-electron chi connectivity index (χ1n) is 9.98. The number of nitrogens with zero attached hydrogens (tertiary/aromatic N) is 6. The molecular weight excluding hydrogens is 456 g/mol. The lowest BCUT2D eigenvalue weighted by molar-refractivity contribution is 0.0698. The zero-order valence-corrected chi connectivity index (χ0v) is 18.2. The van der Waals surface area contributed by atoms with Crippen molar-refractivity contribution in [2.75, 3.05) is 12.4 Å². The number of amides is 2. The van der Waals surface area contributed by atoms with Gasteiger partial charge in [0.1, 0.15) is 16.9 Å². The van der Waals surface area contributed by atoms with Crippen LogP contribution in [0, 0.1) is 0 Å². The van der Waals surface area contributed by atoms with Gasteiger partial charge in [-0.25, -0.2) is 23.8 Å². The molecule has 0 radical (unpaired) electrons. The van der Waals surface area contributed by atoms with Gasteiger partial charge in [0.15, 0.2) is 11.3 Å². The number of aromatic carboxylic acids is 1. The molecule has 2 amide bonds. The maximum absolute atomic E-state index is 12.4. The number of methoxy groups -OCH3 is 1. The maximum Gasteiger partial charge on any atom is 0.341 e. The lowest BCUT2D eigenvalue weighted by Gasteiger charge is -2.10. The monoisotopic (exact) mass is 474 g/mol. The molecule has 35 heavy (non-hydrogen) atoms. The number of anilines is 1. The van der Waals surface area contributed by atoms with Crippen molar-refractivity contribution in [3.05, 3.63) is 84.2 Å². The zero-order chi connectivity index (χ0) is 24.9. The van der Waals surface area contributed by atoms with Crippen molar-refractivity contribution in [3.63, 3.8) is 0 Å². The van der Waals surface area contributed by atoms with Crippen LogP contribution in [0.4, 0.5) is 5.69 Å². The van der Waals surface area contributed by atoms with Gasteiger partial charge in [0.25, 0.3) is 5.91 Å². The number of primary amides is 1. The molecule has 0 atom stereocenters. The largest absolute Gasteiger partial charge is 0.495 e. The van der Waals surface area contributed by atoms with Crippen molar-refractivity contribution in [1.82, 2.24) is 29.2 Å². The molecule has 0 aliphatic rings. The van der Waals surface area contributed by atoms with Crippen LogP contribution in [0.2, 0.25) is 0 Å². The predicted octanol–water partition coefficient (Wildman–Crippen LogP) is 1.52. The van der Waals surface area contributed by atoms with Gasteiger partial charge >= 0.3 is 5.97 Å². The Kier molecular flexibility index (Phi) is 6.31. The summed E-state index contributed by atoms with van der Waals surface area (Å²) >= 11 is 0. The average molecular weight is 474 g/mol. The number of carbonyl (C=O) groups excluding carboxylic acids is 2. The summed E-state index contributed by atoms with van der Waals surface area (Å²) < 4.78 is 8.11. The third kappa shape index (κ3) is 4.73. The highest BCUT2D eigenvalue weighted by Gasteiger charge is 2.16. The van der Waals surface area contributed by atoms with Crippen LogP contribution in [0.3, 0.4) is 0 Å². The average Bonchev–Trinajstić information content (AvgIpc) is 3.49. The van der Waals surface area contributed by atoms with Gasteiger partial charge in [0, 0.05) is 30.4 Å². The number of carboxylic acid groups (broad SMARTS) is 1. The fraction of sp³-hybridized carbons (Fsp3) is 0.0455. The number of carboxylic acids is 1. The summed E-state index contributed by atoms with van der Waals surface area (Å²) in [5.74, 6) is -1.64. The Bertz CT molecular complexity index is 1560. The topological polar surface area (TPSA) is 179 Å². The molecule has 4 heterocycles. The summed E-state index contributed by atoms with van der Waals surface area (Å²) in [6.45, 7) is 0. The first-order valence-corrected chi connectivity index (χ1v) is 9.98. The summed E-state index contributed by atoms with van der Waals surface area (Å²) in [6.07, 6.45) is 9.17. The van der Waals surface area contributed by atoms with Crippen LogP contribution in [0.5, 0.6) is 5.75 Å². The van der Waals surface area contributed by atoms with Crippen LogP contribution in [0.15, 0.2) is 67.5 Å². The van der Waals surface area contributed by atoms with Crippen molar-refractivity contribution >= 4 is 34.8 Å². The van der Waals surface area contributed by atoms with E-state index in [1.807, 2.05) is 0 Å². The highest BCUT2D eigenvalue weighted by molar-refractivity contribution is 6.09. The maximum atomic E-state index is 12.4. The van der Waals surface area contributed by atoms with Crippen molar-refractivity contribution in [2.45, 2.75) is 0 Å². The number of rotatable bonds is 5. The van der Waals surface area contributed by atoms with E-state index < -0.39 is 11.9 Å². The van der Waals surface area contributed by atoms with E-state index in [1.54, 1.807) is 36.8 Å². The molecule has 1 aromatic carbocycles. The van der Waals surface area contributed by atoms with Gasteiger partial charge in [-0.05, 0) is 30.3 Å². The van der Waals surface area contributed by atoms with Crippen molar-refractivity contribution < 1.29 is 24.2 Å². The highest BCUT2D eigenvalue weighted by atomic mass is 16.5. The van der Waals surface area contributed by atoms with E-state index >= 15 is 0 Å². The van der Waals surface area contributed by atoms with Crippen LogP contribution in [-0.2, 0) is 0 Å². The third-order valence-corrected chi connectivity index (χ3v) is 4.77. The Balaban J connectivity index is 0.000000201. The van der Waals surface area contributed by atoms with Crippen LogP contribution in [0.25, 0.3) is 11.3 Å². The first-order chi connectivity index (χ1) is 16.9. The molecule has 0 saturated carbocycles. The van der Waals surface area contributed by atoms with Crippen molar-refractivity contribution in [3.8, 4) is 5.75 Å². The molecule has 5 aromatic rings. The predicted molar refractivity (Wildman–Crippen MR) is 122 cm³/mol. The van der Waals surface area contributed by atoms with E-state index in [0.717, 1.165) is 0 Å². The number of nitrogens with one attached hydrogen (secondary N) is 1. The van der Waals surface area contributed by atoms with E-state index in [-0.39, 0.29) is 17.0 Å². The SMILES string of the molecule is COc1cc(C(N)=O)ccc1NC(=O)c1cnn2cccnc12.O=C(O)c1cnn2cccnc12. The van der Waals surface area contributed by atoms with Gasteiger partial charge in [-0.1, -0.05) is 0 Å². The number of hydrogen-bond acceptors (Lipinski definition) is 8. The third-order valence-electron chi connectivity index (χ3n) is 4.77. The molecule has 4 aromatic heterocycles. The summed E-state index contributed by atoms with van der Waals surface area (Å²) in [4.78, 5) is 42.2. The molecular formula is C22H18N8O5. The Morgan fingerprint density at radius 2 is 1.57 bits per heavy atom. The minimum absolute atomic E-state index is 0.121. The second-order valence-corrected chi connectivity index (χ2v) is 6.93. The minimum Gasteiger partial charge on any atom is -0.495 e. The van der Waals surface area contributed by atoms with Gasteiger partial charge in [0.2, 0.25) is 5.91 Å². The number of nitrogens with two attached hydrogens (primary N) is 1. The fourth-order valence-corrected chi connectivity index (χ4v) is 3.10. The molecule has 0 spiro atoms. The zero-order valence-electron chi connectivity index (χ0n) is 18.2. The van der Waals surface area contributed by atoms with Gasteiger partial charge < -0.3 is 20.9 Å². The number of ether oxygens (including phenoxy) is 1. The Hall–Kier alpha value is -5.33. The molecule has 0 aliphatic carbocycles. The smallest absolute Gasteiger partial charge is 0.341 e. The second-order valence-electron chi connectivity index (χ2n) is 6.93. The molecule has 0 saturated heterocycles. The van der Waals surface area contributed by atoms with E-state index in [4.69, 9.17) is 15.6 Å². The Morgan fingerprint density at radius 1 is 0.971 bits per heavy atom. The molecule has 0 unspecified atom stereocenters. The molecule has 5 rings (SSSR count). The Morgan fingerprint density at radius 3 is 2.14 bits per heavy atom. The number of benzene rings is 1. The standard InChI is InChI=1S/C15H13N5O3.C7H5N3O2/c1-23-12-7-9(13(16)21)3-4-11(12)19-15(22)10-8-18-20-6-2-5-17-14(10)20;11-7(12)5-4-9-10-3-1-2-8-6(5)10/h2-8H,1H3,(H2,16,21)(H,19,22);1-4H,(H,11,12). The summed E-state index contributed by atoms with van der Waals surface area (Å²) in [5.41, 5.74) is 7.19. The van der Waals surface area contributed by atoms with E-state index in [1.165, 1.54) is 46.9 Å². The molecule has 176 valence electrons. The van der Waals surface area contributed by atoms with Crippen LogP contribution < -0.4 is 15.8 Å². The summed E-state index contributed by atoms with van der Waals surface area (Å²) in [7, 11) is 1.44. The number of fused-ring (bicyclic) bond motifs is 2. The molecule has 0 aliphatic heterocycles. The van der Waals surface area contributed by atoms with Gasteiger partial charge in [-0.15, -0.1) is 0 Å². The van der Waals surface area contributed by atoms with E-state index in [9.17, 15) is 14.4 Å². The fourth-order valence-electron chi connectivity index (χ4n) is 3.10. The molecule has 0 bridgehead atoms. The summed E-state index contributed by atoms with van der Waals surface area (Å²) in [5, 5.41) is 19.3. The van der Waals surface area contributed by atoms with E-state index in [0.29, 0.717) is 28.3 Å². The lowest BCUT2D eigenvalue weighted by atomic mass is 10.1. The highest BCUT2D eigenvalue weighted by Crippen LogP contribution is 2.26. The molecule has 13 heteroatoms. The minimum atomic E-state index is -1.01. The first kappa shape index (κ1) is 22.8. The lowest BCUT2D eigenvalue weighted by Crippen LogP contribution is -2.14. The number of aromatic nitrogens is 6. The number of hydrogen-bond donors (Lipinski definition) is 3. The molecule has 4 N–H and O–H groups in total. The van der Waals surface area contributed by atoms with Crippen molar-refractivity contribution in [1.29, 1.82) is 0 Å². The van der Waals surface area contributed by atoms with Crippen LogP contribution in [0.1, 0.15) is 31.1 Å².